The molecule has 1 unspecified atom stereocenters. The Balaban J connectivity index is 2.35. The third-order valence-electron chi connectivity index (χ3n) is 2.68. The van der Waals surface area contributed by atoms with E-state index in [9.17, 15) is 14.4 Å². The number of methoxy groups -OCH3 is 1. The SMILES string of the molecule is COC(=O)C(C)Cn1c(=O)nc(-n2cccn2)[nH]c1=O. The van der Waals surface area contributed by atoms with Crippen LogP contribution in [-0.2, 0) is 16.1 Å². The van der Waals surface area contributed by atoms with Crippen LogP contribution in [0.3, 0.4) is 0 Å². The van der Waals surface area contributed by atoms with Gasteiger partial charge in [-0.1, -0.05) is 6.92 Å². The molecule has 1 N–H and O–H groups in total. The van der Waals surface area contributed by atoms with Gasteiger partial charge in [-0.2, -0.15) is 10.1 Å². The fourth-order valence-corrected chi connectivity index (χ4v) is 1.64. The smallest absolute Gasteiger partial charge is 0.355 e. The average Bonchev–Trinajstić information content (AvgIpc) is 2.95. The van der Waals surface area contributed by atoms with Gasteiger partial charge in [0, 0.05) is 18.9 Å². The molecule has 0 spiro atoms. The van der Waals surface area contributed by atoms with Crippen LogP contribution in [0.4, 0.5) is 0 Å². The molecule has 0 aliphatic carbocycles. The van der Waals surface area contributed by atoms with Crippen molar-refractivity contribution < 1.29 is 9.53 Å². The summed E-state index contributed by atoms with van der Waals surface area (Å²) in [7, 11) is 1.24. The van der Waals surface area contributed by atoms with Gasteiger partial charge < -0.3 is 4.74 Å². The number of rotatable bonds is 4. The first-order valence-corrected chi connectivity index (χ1v) is 5.82. The van der Waals surface area contributed by atoms with Crippen LogP contribution in [0.5, 0.6) is 0 Å². The highest BCUT2D eigenvalue weighted by molar-refractivity contribution is 5.71. The standard InChI is InChI=1S/C11H13N5O4/c1-7(8(17)20-2)6-15-10(18)13-9(14-11(15)19)16-5-3-4-12-16/h3-5,7H,6H2,1-2H3,(H,13,14,18,19). The molecule has 0 amide bonds. The molecule has 106 valence electrons. The molecule has 0 saturated carbocycles. The topological polar surface area (TPSA) is 112 Å². The van der Waals surface area contributed by atoms with Crippen molar-refractivity contribution in [2.24, 2.45) is 5.92 Å². The van der Waals surface area contributed by atoms with Crippen molar-refractivity contribution in [2.45, 2.75) is 13.5 Å². The maximum absolute atomic E-state index is 11.9. The molecule has 0 saturated heterocycles. The van der Waals surface area contributed by atoms with E-state index in [0.29, 0.717) is 0 Å². The minimum absolute atomic E-state index is 0.0203. The first-order valence-electron chi connectivity index (χ1n) is 5.82. The van der Waals surface area contributed by atoms with Gasteiger partial charge in [-0.3, -0.25) is 9.78 Å². The summed E-state index contributed by atoms with van der Waals surface area (Å²) in [5.41, 5.74) is -1.42. The van der Waals surface area contributed by atoms with Crippen molar-refractivity contribution in [3.8, 4) is 5.95 Å². The van der Waals surface area contributed by atoms with Gasteiger partial charge in [0.2, 0.25) is 5.95 Å². The molecule has 0 aliphatic rings. The molecule has 20 heavy (non-hydrogen) atoms. The molecule has 9 nitrogen and oxygen atoms in total. The Kier molecular flexibility index (Phi) is 3.78. The minimum Gasteiger partial charge on any atom is -0.469 e. The van der Waals surface area contributed by atoms with Crippen LogP contribution in [0.2, 0.25) is 0 Å². The van der Waals surface area contributed by atoms with Gasteiger partial charge in [-0.15, -0.1) is 0 Å². The number of ether oxygens (including phenoxy) is 1. The molecule has 0 bridgehead atoms. The summed E-state index contributed by atoms with van der Waals surface area (Å²) in [6.07, 6.45) is 3.03. The average molecular weight is 279 g/mol. The number of nitrogens with one attached hydrogen (secondary N) is 1. The lowest BCUT2D eigenvalue weighted by atomic mass is 10.2. The summed E-state index contributed by atoms with van der Waals surface area (Å²) in [5.74, 6) is -1.12. The van der Waals surface area contributed by atoms with Crippen molar-refractivity contribution in [1.29, 1.82) is 0 Å². The number of aromatic amines is 1. The van der Waals surface area contributed by atoms with E-state index in [4.69, 9.17) is 0 Å². The molecule has 2 rings (SSSR count). The first-order chi connectivity index (χ1) is 9.52. The maximum atomic E-state index is 11.9. The summed E-state index contributed by atoms with van der Waals surface area (Å²) in [4.78, 5) is 41.2. The van der Waals surface area contributed by atoms with E-state index >= 15 is 0 Å². The van der Waals surface area contributed by atoms with Crippen LogP contribution in [-0.4, -0.2) is 37.4 Å². The van der Waals surface area contributed by atoms with E-state index in [2.05, 4.69) is 19.8 Å². The van der Waals surface area contributed by atoms with E-state index in [1.807, 2.05) is 0 Å². The van der Waals surface area contributed by atoms with Crippen LogP contribution in [0.15, 0.2) is 28.0 Å². The van der Waals surface area contributed by atoms with Crippen LogP contribution >= 0.6 is 0 Å². The van der Waals surface area contributed by atoms with Crippen LogP contribution in [0.1, 0.15) is 6.92 Å². The quantitative estimate of drug-likeness (QED) is 0.713. The Hall–Kier alpha value is -2.71. The lowest BCUT2D eigenvalue weighted by Gasteiger charge is -2.10. The van der Waals surface area contributed by atoms with Gasteiger partial charge in [-0.05, 0) is 6.07 Å². The van der Waals surface area contributed by atoms with E-state index in [-0.39, 0.29) is 12.5 Å². The zero-order valence-corrected chi connectivity index (χ0v) is 10.9. The summed E-state index contributed by atoms with van der Waals surface area (Å²) in [6.45, 7) is 1.45. The molecular formula is C11H13N5O4. The normalized spacial score (nSPS) is 12.1. The van der Waals surface area contributed by atoms with E-state index in [1.54, 1.807) is 19.2 Å². The number of carbonyl (C=O) groups is 1. The molecule has 2 aromatic rings. The highest BCUT2D eigenvalue weighted by Gasteiger charge is 2.17. The molecule has 2 aromatic heterocycles. The number of carbonyl (C=O) groups excluding carboxylic acids is 1. The summed E-state index contributed by atoms with van der Waals surface area (Å²) in [6, 6.07) is 1.63. The number of H-pyrrole nitrogens is 1. The van der Waals surface area contributed by atoms with E-state index in [1.165, 1.54) is 18.0 Å². The van der Waals surface area contributed by atoms with Crippen molar-refractivity contribution in [3.05, 3.63) is 39.4 Å². The first kappa shape index (κ1) is 13.7. The Morgan fingerprint density at radius 2 is 2.25 bits per heavy atom. The Labute approximate surface area is 112 Å². The van der Waals surface area contributed by atoms with Gasteiger partial charge >= 0.3 is 17.3 Å². The highest BCUT2D eigenvalue weighted by atomic mass is 16.5. The van der Waals surface area contributed by atoms with Crippen LogP contribution in [0, 0.1) is 5.92 Å². The molecule has 2 heterocycles. The van der Waals surface area contributed by atoms with Gasteiger partial charge in [0.25, 0.3) is 0 Å². The highest BCUT2D eigenvalue weighted by Crippen LogP contribution is 1.99. The Bertz CT molecular complexity index is 684. The van der Waals surface area contributed by atoms with Gasteiger partial charge in [0.15, 0.2) is 0 Å². The predicted molar refractivity (Wildman–Crippen MR) is 67.4 cm³/mol. The predicted octanol–water partition coefficient (Wildman–Crippen LogP) is -1.07. The number of hydrogen-bond acceptors (Lipinski definition) is 6. The Morgan fingerprint density at radius 1 is 1.50 bits per heavy atom. The molecule has 1 atom stereocenters. The molecule has 9 heteroatoms. The summed E-state index contributed by atoms with van der Waals surface area (Å²) >= 11 is 0. The lowest BCUT2D eigenvalue weighted by Crippen LogP contribution is -2.40. The molecular weight excluding hydrogens is 266 g/mol. The third-order valence-corrected chi connectivity index (χ3v) is 2.68. The van der Waals surface area contributed by atoms with Crippen molar-refractivity contribution >= 4 is 5.97 Å². The second-order valence-corrected chi connectivity index (χ2v) is 4.13. The van der Waals surface area contributed by atoms with Crippen molar-refractivity contribution in [1.82, 2.24) is 24.3 Å². The van der Waals surface area contributed by atoms with Crippen molar-refractivity contribution in [3.63, 3.8) is 0 Å². The van der Waals surface area contributed by atoms with E-state index in [0.717, 1.165) is 4.57 Å². The van der Waals surface area contributed by atoms with Gasteiger partial charge in [0.1, 0.15) is 0 Å². The monoisotopic (exact) mass is 279 g/mol. The third kappa shape index (κ3) is 2.66. The molecule has 0 fully saturated rings. The van der Waals surface area contributed by atoms with Crippen molar-refractivity contribution in [2.75, 3.05) is 7.11 Å². The zero-order chi connectivity index (χ0) is 14.7. The van der Waals surface area contributed by atoms with Crippen LogP contribution in [0.25, 0.3) is 5.95 Å². The molecule has 0 radical (unpaired) electrons. The van der Waals surface area contributed by atoms with Crippen LogP contribution < -0.4 is 11.4 Å². The largest absolute Gasteiger partial charge is 0.469 e. The molecule has 0 aromatic carbocycles. The molecule has 0 aliphatic heterocycles. The van der Waals surface area contributed by atoms with Gasteiger partial charge in [-0.25, -0.2) is 18.8 Å². The lowest BCUT2D eigenvalue weighted by molar-refractivity contribution is -0.145. The fourth-order valence-electron chi connectivity index (χ4n) is 1.64. The number of aromatic nitrogens is 5. The number of hydrogen-bond donors (Lipinski definition) is 1. The summed E-state index contributed by atoms with van der Waals surface area (Å²) in [5, 5.41) is 3.86. The Morgan fingerprint density at radius 3 is 2.80 bits per heavy atom. The maximum Gasteiger partial charge on any atom is 0.355 e. The second kappa shape index (κ2) is 5.51. The minimum atomic E-state index is -0.755. The zero-order valence-electron chi connectivity index (χ0n) is 10.9. The number of nitrogens with zero attached hydrogens (tertiary/aromatic N) is 4. The van der Waals surface area contributed by atoms with Gasteiger partial charge in [0.05, 0.1) is 13.0 Å². The summed E-state index contributed by atoms with van der Waals surface area (Å²) < 4.78 is 6.65. The number of esters is 1. The van der Waals surface area contributed by atoms with E-state index < -0.39 is 23.3 Å². The second-order valence-electron chi connectivity index (χ2n) is 4.13. The fraction of sp³-hybridized carbons (Fsp3) is 0.364.